The highest BCUT2D eigenvalue weighted by molar-refractivity contribution is 9.10. The maximum atomic E-state index is 9.93. The molecule has 0 aliphatic heterocycles. The molecule has 0 spiro atoms. The number of rotatable bonds is 3. The number of hydrogen-bond acceptors (Lipinski definition) is 2. The Morgan fingerprint density at radius 2 is 2.13 bits per heavy atom. The molecule has 0 saturated carbocycles. The topological polar surface area (TPSA) is 29.5 Å². The first-order valence-corrected chi connectivity index (χ1v) is 5.50. The van der Waals surface area contributed by atoms with Crippen LogP contribution in [0.15, 0.2) is 34.3 Å². The largest absolute Gasteiger partial charge is 0.497 e. The predicted molar refractivity (Wildman–Crippen MR) is 65.1 cm³/mol. The quantitative estimate of drug-likeness (QED) is 0.853. The standard InChI is InChI=1S/C12H15BrO2/c1-8(2)6-12(14)10-7-9(15-3)4-5-11(10)13/h4-7,12,14H,1-3H3. The van der Waals surface area contributed by atoms with Gasteiger partial charge in [-0.05, 0) is 32.0 Å². The lowest BCUT2D eigenvalue weighted by Gasteiger charge is -2.11. The minimum atomic E-state index is -0.598. The number of allylic oxidation sites excluding steroid dienone is 1. The molecule has 1 rings (SSSR count). The molecule has 0 aliphatic carbocycles. The molecule has 82 valence electrons. The van der Waals surface area contributed by atoms with E-state index in [1.807, 2.05) is 32.0 Å². The van der Waals surface area contributed by atoms with Crippen molar-refractivity contribution in [2.24, 2.45) is 0 Å². The molecule has 1 atom stereocenters. The number of methoxy groups -OCH3 is 1. The van der Waals surface area contributed by atoms with Crippen molar-refractivity contribution in [2.45, 2.75) is 20.0 Å². The molecule has 0 fully saturated rings. The zero-order valence-electron chi connectivity index (χ0n) is 9.12. The van der Waals surface area contributed by atoms with Gasteiger partial charge in [-0.2, -0.15) is 0 Å². The summed E-state index contributed by atoms with van der Waals surface area (Å²) in [5, 5.41) is 9.93. The fourth-order valence-electron chi connectivity index (χ4n) is 1.28. The second-order valence-corrected chi connectivity index (χ2v) is 4.43. The van der Waals surface area contributed by atoms with E-state index in [1.54, 1.807) is 13.2 Å². The number of ether oxygens (including phenoxy) is 1. The van der Waals surface area contributed by atoms with Crippen molar-refractivity contribution in [1.82, 2.24) is 0 Å². The first-order valence-electron chi connectivity index (χ1n) is 4.71. The van der Waals surface area contributed by atoms with Crippen molar-refractivity contribution in [1.29, 1.82) is 0 Å². The van der Waals surface area contributed by atoms with Crippen molar-refractivity contribution in [3.63, 3.8) is 0 Å². The minimum absolute atomic E-state index is 0.598. The van der Waals surface area contributed by atoms with Gasteiger partial charge in [0, 0.05) is 10.0 Å². The second kappa shape index (κ2) is 5.33. The van der Waals surface area contributed by atoms with Gasteiger partial charge in [-0.3, -0.25) is 0 Å². The molecule has 1 unspecified atom stereocenters. The molecular formula is C12H15BrO2. The maximum Gasteiger partial charge on any atom is 0.119 e. The first-order chi connectivity index (χ1) is 7.04. The monoisotopic (exact) mass is 270 g/mol. The Hall–Kier alpha value is -0.800. The molecule has 0 aliphatic rings. The molecule has 1 aromatic carbocycles. The van der Waals surface area contributed by atoms with Crippen LogP contribution in [0, 0.1) is 0 Å². The van der Waals surface area contributed by atoms with Gasteiger partial charge in [0.15, 0.2) is 0 Å². The Morgan fingerprint density at radius 3 is 2.67 bits per heavy atom. The van der Waals surface area contributed by atoms with Crippen LogP contribution in [0.1, 0.15) is 25.5 Å². The fraction of sp³-hybridized carbons (Fsp3) is 0.333. The third-order valence-corrected chi connectivity index (χ3v) is 2.74. The molecule has 0 amide bonds. The van der Waals surface area contributed by atoms with Crippen LogP contribution in [-0.2, 0) is 0 Å². The third-order valence-electron chi connectivity index (χ3n) is 2.01. The second-order valence-electron chi connectivity index (χ2n) is 3.58. The lowest BCUT2D eigenvalue weighted by atomic mass is 10.1. The van der Waals surface area contributed by atoms with E-state index in [2.05, 4.69) is 15.9 Å². The number of halogens is 1. The third kappa shape index (κ3) is 3.36. The van der Waals surface area contributed by atoms with Gasteiger partial charge in [0.1, 0.15) is 5.75 Å². The zero-order valence-corrected chi connectivity index (χ0v) is 10.7. The Bertz CT molecular complexity index is 368. The van der Waals surface area contributed by atoms with Gasteiger partial charge in [-0.25, -0.2) is 0 Å². The highest BCUT2D eigenvalue weighted by Crippen LogP contribution is 2.28. The maximum absolute atomic E-state index is 9.93. The molecule has 0 radical (unpaired) electrons. The summed E-state index contributed by atoms with van der Waals surface area (Å²) in [4.78, 5) is 0. The lowest BCUT2D eigenvalue weighted by Crippen LogP contribution is -1.96. The summed E-state index contributed by atoms with van der Waals surface area (Å²) in [6.45, 7) is 3.91. The van der Waals surface area contributed by atoms with Crippen LogP contribution in [0.5, 0.6) is 5.75 Å². The molecule has 2 nitrogen and oxygen atoms in total. The molecular weight excluding hydrogens is 256 g/mol. The normalized spacial score (nSPS) is 12.1. The highest BCUT2D eigenvalue weighted by atomic mass is 79.9. The van der Waals surface area contributed by atoms with Crippen molar-refractivity contribution in [3.05, 3.63) is 39.9 Å². The van der Waals surface area contributed by atoms with E-state index in [1.165, 1.54) is 0 Å². The first kappa shape index (κ1) is 12.3. The van der Waals surface area contributed by atoms with Gasteiger partial charge < -0.3 is 9.84 Å². The molecule has 0 saturated heterocycles. The van der Waals surface area contributed by atoms with Crippen LogP contribution < -0.4 is 4.74 Å². The summed E-state index contributed by atoms with van der Waals surface area (Å²) >= 11 is 3.41. The van der Waals surface area contributed by atoms with Gasteiger partial charge in [-0.1, -0.05) is 27.6 Å². The van der Waals surface area contributed by atoms with Gasteiger partial charge in [0.2, 0.25) is 0 Å². The van der Waals surface area contributed by atoms with E-state index in [9.17, 15) is 5.11 Å². The van der Waals surface area contributed by atoms with E-state index in [-0.39, 0.29) is 0 Å². The van der Waals surface area contributed by atoms with Gasteiger partial charge in [0.05, 0.1) is 13.2 Å². The van der Waals surface area contributed by atoms with Crippen molar-refractivity contribution >= 4 is 15.9 Å². The average Bonchev–Trinajstić information content (AvgIpc) is 2.17. The summed E-state index contributed by atoms with van der Waals surface area (Å²) < 4.78 is 6.00. The van der Waals surface area contributed by atoms with E-state index in [0.29, 0.717) is 0 Å². The number of hydrogen-bond donors (Lipinski definition) is 1. The molecule has 1 aromatic rings. The Balaban J connectivity index is 3.06. The van der Waals surface area contributed by atoms with E-state index in [4.69, 9.17) is 4.74 Å². The summed E-state index contributed by atoms with van der Waals surface area (Å²) in [5.41, 5.74) is 1.90. The van der Waals surface area contributed by atoms with Gasteiger partial charge in [0.25, 0.3) is 0 Å². The summed E-state index contributed by atoms with van der Waals surface area (Å²) in [5.74, 6) is 0.745. The van der Waals surface area contributed by atoms with E-state index < -0.39 is 6.10 Å². The van der Waals surface area contributed by atoms with Crippen LogP contribution in [0.4, 0.5) is 0 Å². The lowest BCUT2D eigenvalue weighted by molar-refractivity contribution is 0.226. The van der Waals surface area contributed by atoms with E-state index in [0.717, 1.165) is 21.4 Å². The van der Waals surface area contributed by atoms with Crippen LogP contribution in [0.25, 0.3) is 0 Å². The Labute approximate surface area is 98.7 Å². The molecule has 0 heterocycles. The van der Waals surface area contributed by atoms with Crippen LogP contribution >= 0.6 is 15.9 Å². The average molecular weight is 271 g/mol. The van der Waals surface area contributed by atoms with Crippen LogP contribution in [0.2, 0.25) is 0 Å². The summed E-state index contributed by atoms with van der Waals surface area (Å²) in [7, 11) is 1.61. The highest BCUT2D eigenvalue weighted by Gasteiger charge is 2.09. The van der Waals surface area contributed by atoms with Crippen molar-refractivity contribution < 1.29 is 9.84 Å². The smallest absolute Gasteiger partial charge is 0.119 e. The summed E-state index contributed by atoms with van der Waals surface area (Å²) in [6.07, 6.45) is 1.21. The SMILES string of the molecule is COc1ccc(Br)c(C(O)C=C(C)C)c1. The molecule has 1 N–H and O–H groups in total. The zero-order chi connectivity index (χ0) is 11.4. The number of aliphatic hydroxyl groups excluding tert-OH is 1. The van der Waals surface area contributed by atoms with Crippen molar-refractivity contribution in [2.75, 3.05) is 7.11 Å². The Morgan fingerprint density at radius 1 is 1.47 bits per heavy atom. The summed E-state index contributed by atoms with van der Waals surface area (Å²) in [6, 6.07) is 5.55. The van der Waals surface area contributed by atoms with E-state index >= 15 is 0 Å². The van der Waals surface area contributed by atoms with Gasteiger partial charge >= 0.3 is 0 Å². The van der Waals surface area contributed by atoms with Crippen molar-refractivity contribution in [3.8, 4) is 5.75 Å². The van der Waals surface area contributed by atoms with Gasteiger partial charge in [-0.15, -0.1) is 0 Å². The number of aliphatic hydroxyl groups is 1. The fourth-order valence-corrected chi connectivity index (χ4v) is 1.76. The molecule has 15 heavy (non-hydrogen) atoms. The minimum Gasteiger partial charge on any atom is -0.497 e. The number of benzene rings is 1. The molecule has 0 bridgehead atoms. The Kier molecular flexibility index (Phi) is 4.36. The molecule has 0 aromatic heterocycles. The predicted octanol–water partition coefficient (Wildman–Crippen LogP) is 3.46. The van der Waals surface area contributed by atoms with Crippen LogP contribution in [-0.4, -0.2) is 12.2 Å². The molecule has 3 heteroatoms. The van der Waals surface area contributed by atoms with Crippen LogP contribution in [0.3, 0.4) is 0 Å².